The molecule has 4 atom stereocenters. The largest absolute Gasteiger partial charge is 0.481 e. The van der Waals surface area contributed by atoms with Crippen molar-refractivity contribution in [2.75, 3.05) is 20.1 Å². The SMILES string of the molecule is CCCCN1CCCCC1C(=O)N[C@H](C(=O)N(C)[C@H](C[C@@H](OC(C)=O)c1nc(C(=O)NC2CCC(C(=O)O)CC2)cs1)C(C)C)C(C)C. The number of carboxylic acids is 1. The van der Waals surface area contributed by atoms with Gasteiger partial charge >= 0.3 is 11.9 Å². The fourth-order valence-corrected chi connectivity index (χ4v) is 7.68. The van der Waals surface area contributed by atoms with Crippen molar-refractivity contribution >= 4 is 41.0 Å². The Balaban J connectivity index is 1.72. The molecular weight excluding hydrogens is 634 g/mol. The minimum absolute atomic E-state index is 0.0212. The molecule has 270 valence electrons. The molecule has 0 spiro atoms. The second-order valence-electron chi connectivity index (χ2n) is 14.2. The Hall–Kier alpha value is -3.06. The molecule has 1 aromatic heterocycles. The first-order valence-corrected chi connectivity index (χ1v) is 18.6. The lowest BCUT2D eigenvalue weighted by molar-refractivity contribution is -0.149. The number of aliphatic carboxylic acids is 1. The normalized spacial score (nSPS) is 22.1. The van der Waals surface area contributed by atoms with Gasteiger partial charge in [-0.1, -0.05) is 47.5 Å². The molecule has 3 amide bonds. The predicted molar refractivity (Wildman–Crippen MR) is 184 cm³/mol. The summed E-state index contributed by atoms with van der Waals surface area (Å²) >= 11 is 1.22. The summed E-state index contributed by atoms with van der Waals surface area (Å²) in [6, 6.07) is -1.44. The molecule has 2 heterocycles. The van der Waals surface area contributed by atoms with Crippen molar-refractivity contribution in [1.82, 2.24) is 25.4 Å². The summed E-state index contributed by atoms with van der Waals surface area (Å²) < 4.78 is 5.73. The van der Waals surface area contributed by atoms with Crippen LogP contribution in [-0.2, 0) is 23.9 Å². The third-order valence-corrected chi connectivity index (χ3v) is 10.7. The van der Waals surface area contributed by atoms with Gasteiger partial charge in [-0.15, -0.1) is 11.3 Å². The van der Waals surface area contributed by atoms with Crippen LogP contribution in [0.2, 0.25) is 0 Å². The van der Waals surface area contributed by atoms with Gasteiger partial charge in [0, 0.05) is 37.9 Å². The van der Waals surface area contributed by atoms with Crippen LogP contribution in [0.5, 0.6) is 0 Å². The van der Waals surface area contributed by atoms with Gasteiger partial charge in [-0.05, 0) is 69.9 Å². The van der Waals surface area contributed by atoms with Crippen molar-refractivity contribution in [3.05, 3.63) is 16.1 Å². The molecule has 0 bridgehead atoms. The fourth-order valence-electron chi connectivity index (χ4n) is 6.84. The molecule has 12 nitrogen and oxygen atoms in total. The highest BCUT2D eigenvalue weighted by Gasteiger charge is 2.37. The number of hydrogen-bond donors (Lipinski definition) is 3. The summed E-state index contributed by atoms with van der Waals surface area (Å²) in [5.41, 5.74) is 0.205. The van der Waals surface area contributed by atoms with Crippen molar-refractivity contribution in [2.24, 2.45) is 17.8 Å². The highest BCUT2D eigenvalue weighted by atomic mass is 32.1. The second kappa shape index (κ2) is 18.6. The van der Waals surface area contributed by atoms with Crippen LogP contribution < -0.4 is 10.6 Å². The van der Waals surface area contributed by atoms with E-state index in [2.05, 4.69) is 27.4 Å². The molecule has 0 aromatic carbocycles. The molecule has 0 radical (unpaired) electrons. The number of nitrogens with zero attached hydrogens (tertiary/aromatic N) is 3. The quantitative estimate of drug-likeness (QED) is 0.207. The standard InChI is InChI=1S/C35H57N5O7S/c1-8-9-17-40-18-11-10-12-27(40)32(43)38-30(22(4)5)34(44)39(7)28(21(2)3)19-29(47-23(6)41)33-37-26(20-48-33)31(42)36-25-15-13-24(14-16-25)35(45)46/h20-22,24-25,27-30H,8-19H2,1-7H3,(H,36,42)(H,38,43)(H,45,46)/t24?,25?,27?,28-,29-,30+/m1/s1. The van der Waals surface area contributed by atoms with E-state index in [0.29, 0.717) is 30.7 Å². The highest BCUT2D eigenvalue weighted by Crippen LogP contribution is 2.31. The molecule has 2 aliphatic rings. The third-order valence-electron chi connectivity index (χ3n) is 9.77. The van der Waals surface area contributed by atoms with Gasteiger partial charge in [0.25, 0.3) is 5.91 Å². The molecule has 48 heavy (non-hydrogen) atoms. The summed E-state index contributed by atoms with van der Waals surface area (Å²) in [6.07, 6.45) is 6.60. The van der Waals surface area contributed by atoms with E-state index in [-0.39, 0.29) is 65.7 Å². The smallest absolute Gasteiger partial charge is 0.306 e. The molecule has 1 aliphatic heterocycles. The minimum atomic E-state index is -0.800. The maximum Gasteiger partial charge on any atom is 0.306 e. The van der Waals surface area contributed by atoms with Gasteiger partial charge in [0.2, 0.25) is 11.8 Å². The average Bonchev–Trinajstić information content (AvgIpc) is 3.54. The number of esters is 1. The molecule has 1 aromatic rings. The van der Waals surface area contributed by atoms with E-state index >= 15 is 0 Å². The number of ether oxygens (including phenoxy) is 1. The second-order valence-corrected chi connectivity index (χ2v) is 15.0. The number of piperidine rings is 1. The third kappa shape index (κ3) is 11.0. The summed E-state index contributed by atoms with van der Waals surface area (Å²) in [4.78, 5) is 72.7. The lowest BCUT2D eigenvalue weighted by atomic mass is 9.86. The number of rotatable bonds is 16. The first-order chi connectivity index (χ1) is 22.7. The molecule has 3 rings (SSSR count). The number of nitrogens with one attached hydrogen (secondary N) is 2. The monoisotopic (exact) mass is 691 g/mol. The van der Waals surface area contributed by atoms with Gasteiger partial charge < -0.3 is 25.4 Å². The topological polar surface area (TPSA) is 158 Å². The van der Waals surface area contributed by atoms with Crippen molar-refractivity contribution < 1.29 is 33.8 Å². The molecule has 13 heteroatoms. The lowest BCUT2D eigenvalue weighted by Gasteiger charge is -2.38. The van der Waals surface area contributed by atoms with E-state index in [0.717, 1.165) is 45.2 Å². The Morgan fingerprint density at radius 2 is 1.75 bits per heavy atom. The fraction of sp³-hybridized carbons (Fsp3) is 0.771. The Labute approximate surface area is 289 Å². The van der Waals surface area contributed by atoms with E-state index in [9.17, 15) is 29.1 Å². The van der Waals surface area contributed by atoms with E-state index in [4.69, 9.17) is 4.74 Å². The predicted octanol–water partition coefficient (Wildman–Crippen LogP) is 4.79. The number of likely N-dealkylation sites (tertiary alicyclic amines) is 1. The molecule has 3 N–H and O–H groups in total. The van der Waals surface area contributed by atoms with Crippen LogP contribution in [0.1, 0.15) is 127 Å². The maximum atomic E-state index is 14.1. The van der Waals surface area contributed by atoms with Crippen LogP contribution >= 0.6 is 11.3 Å². The van der Waals surface area contributed by atoms with Gasteiger partial charge in [-0.2, -0.15) is 0 Å². The van der Waals surface area contributed by atoms with Gasteiger partial charge in [-0.3, -0.25) is 28.9 Å². The first kappa shape index (κ1) is 39.4. The number of carbonyl (C=O) groups is 5. The van der Waals surface area contributed by atoms with Crippen molar-refractivity contribution in [1.29, 1.82) is 0 Å². The molecule has 2 fully saturated rings. The number of amides is 3. The van der Waals surface area contributed by atoms with E-state index in [1.807, 2.05) is 27.7 Å². The van der Waals surface area contributed by atoms with E-state index in [1.54, 1.807) is 17.3 Å². The highest BCUT2D eigenvalue weighted by molar-refractivity contribution is 7.09. The Bertz CT molecular complexity index is 1250. The number of thiazole rings is 1. The Kier molecular flexibility index (Phi) is 15.3. The van der Waals surface area contributed by atoms with Crippen LogP contribution in [0.4, 0.5) is 0 Å². The van der Waals surface area contributed by atoms with Gasteiger partial charge in [-0.25, -0.2) is 4.98 Å². The van der Waals surface area contributed by atoms with Gasteiger partial charge in [0.1, 0.15) is 16.7 Å². The Morgan fingerprint density at radius 3 is 2.33 bits per heavy atom. The number of aromatic nitrogens is 1. The van der Waals surface area contributed by atoms with E-state index < -0.39 is 24.1 Å². The van der Waals surface area contributed by atoms with E-state index in [1.165, 1.54) is 18.3 Å². The van der Waals surface area contributed by atoms with Crippen LogP contribution in [0.3, 0.4) is 0 Å². The zero-order chi connectivity index (χ0) is 35.5. The maximum absolute atomic E-state index is 14.1. The molecule has 1 saturated carbocycles. The van der Waals surface area contributed by atoms with Crippen molar-refractivity contribution in [2.45, 2.75) is 136 Å². The Morgan fingerprint density at radius 1 is 1.06 bits per heavy atom. The van der Waals surface area contributed by atoms with Crippen LogP contribution in [0, 0.1) is 17.8 Å². The molecule has 1 unspecified atom stereocenters. The minimum Gasteiger partial charge on any atom is -0.481 e. The van der Waals surface area contributed by atoms with Gasteiger partial charge in [0.05, 0.1) is 12.0 Å². The summed E-state index contributed by atoms with van der Waals surface area (Å²) in [7, 11) is 1.73. The first-order valence-electron chi connectivity index (χ1n) is 17.7. The van der Waals surface area contributed by atoms with Gasteiger partial charge in [0.15, 0.2) is 6.10 Å². The van der Waals surface area contributed by atoms with Crippen LogP contribution in [0.25, 0.3) is 0 Å². The van der Waals surface area contributed by atoms with Crippen LogP contribution in [-0.4, -0.2) is 93.9 Å². The molecule has 1 saturated heterocycles. The van der Waals surface area contributed by atoms with Crippen molar-refractivity contribution in [3.8, 4) is 0 Å². The molecular formula is C35H57N5O7S. The summed E-state index contributed by atoms with van der Waals surface area (Å²) in [5.74, 6) is -2.50. The zero-order valence-corrected chi connectivity index (χ0v) is 30.6. The number of likely N-dealkylation sites (N-methyl/N-ethyl adjacent to an activating group) is 1. The number of hydrogen-bond acceptors (Lipinski definition) is 9. The summed E-state index contributed by atoms with van der Waals surface area (Å²) in [5, 5.41) is 17.4. The van der Waals surface area contributed by atoms with Crippen molar-refractivity contribution in [3.63, 3.8) is 0 Å². The number of carbonyl (C=O) groups excluding carboxylic acids is 4. The zero-order valence-electron chi connectivity index (χ0n) is 29.8. The average molecular weight is 692 g/mol. The lowest BCUT2D eigenvalue weighted by Crippen LogP contribution is -2.58. The van der Waals surface area contributed by atoms with Crippen LogP contribution in [0.15, 0.2) is 5.38 Å². The number of carboxylic acid groups (broad SMARTS) is 1. The number of unbranched alkanes of at least 4 members (excludes halogenated alkanes) is 1. The molecule has 1 aliphatic carbocycles. The summed E-state index contributed by atoms with van der Waals surface area (Å²) in [6.45, 7) is 13.1.